The maximum Gasteiger partial charge on any atom is 0.275 e. The van der Waals surface area contributed by atoms with Crippen LogP contribution < -0.4 is 11.3 Å². The number of morpholine rings is 1. The molecule has 2 rings (SSSR count). The summed E-state index contributed by atoms with van der Waals surface area (Å²) in [5.41, 5.74) is 3.38. The predicted molar refractivity (Wildman–Crippen MR) is 76.0 cm³/mol. The Balaban J connectivity index is 2.06. The van der Waals surface area contributed by atoms with Crippen molar-refractivity contribution in [2.24, 2.45) is 5.84 Å². The van der Waals surface area contributed by atoms with Crippen LogP contribution in [-0.4, -0.2) is 36.1 Å². The van der Waals surface area contributed by atoms with Crippen molar-refractivity contribution in [3.63, 3.8) is 0 Å². The lowest BCUT2D eigenvalue weighted by Crippen LogP contribution is -2.44. The fourth-order valence-electron chi connectivity index (χ4n) is 2.51. The van der Waals surface area contributed by atoms with E-state index in [1.807, 2.05) is 13.0 Å². The maximum absolute atomic E-state index is 11.5. The molecule has 1 aliphatic rings. The van der Waals surface area contributed by atoms with Crippen molar-refractivity contribution >= 4 is 17.2 Å². The molecule has 106 valence electrons. The van der Waals surface area contributed by atoms with Gasteiger partial charge in [-0.3, -0.25) is 15.1 Å². The Labute approximate surface area is 117 Å². The number of nitrogens with zero attached hydrogens (tertiary/aromatic N) is 1. The smallest absolute Gasteiger partial charge is 0.275 e. The number of thiophene rings is 1. The largest absolute Gasteiger partial charge is 0.373 e. The van der Waals surface area contributed by atoms with Crippen LogP contribution in [0.25, 0.3) is 0 Å². The van der Waals surface area contributed by atoms with Crippen molar-refractivity contribution in [1.29, 1.82) is 0 Å². The highest BCUT2D eigenvalue weighted by atomic mass is 32.1. The van der Waals surface area contributed by atoms with Gasteiger partial charge in [0.05, 0.1) is 17.1 Å². The molecule has 2 heterocycles. The quantitative estimate of drug-likeness (QED) is 0.498. The summed E-state index contributed by atoms with van der Waals surface area (Å²) in [4.78, 5) is 15.7. The Morgan fingerprint density at radius 3 is 2.74 bits per heavy atom. The fourth-order valence-corrected chi connectivity index (χ4v) is 3.45. The topological polar surface area (TPSA) is 67.6 Å². The molecule has 0 bridgehead atoms. The average Bonchev–Trinajstić information content (AvgIpc) is 2.68. The lowest BCUT2D eigenvalue weighted by Gasteiger charge is -2.35. The number of carbonyl (C=O) groups is 1. The lowest BCUT2D eigenvalue weighted by atomic mass is 10.2. The Hall–Kier alpha value is -0.950. The molecule has 0 aliphatic carbocycles. The molecule has 1 saturated heterocycles. The van der Waals surface area contributed by atoms with E-state index in [0.717, 1.165) is 19.6 Å². The van der Waals surface area contributed by atoms with E-state index in [-0.39, 0.29) is 18.1 Å². The molecule has 0 radical (unpaired) electrons. The van der Waals surface area contributed by atoms with Gasteiger partial charge in [0, 0.05) is 24.5 Å². The third kappa shape index (κ3) is 3.54. The van der Waals surface area contributed by atoms with Crippen molar-refractivity contribution in [3.05, 3.63) is 21.4 Å². The number of carbonyl (C=O) groups excluding carboxylic acids is 1. The summed E-state index contributed by atoms with van der Waals surface area (Å²) in [6.45, 7) is 8.95. The molecule has 1 aromatic heterocycles. The van der Waals surface area contributed by atoms with Gasteiger partial charge >= 0.3 is 0 Å². The zero-order chi connectivity index (χ0) is 14.0. The fraction of sp³-hybridized carbons (Fsp3) is 0.615. The SMILES string of the molecule is Cc1sc(C(=O)NN)cc1CN1C[C@@H](C)O[C@@H](C)C1. The van der Waals surface area contributed by atoms with E-state index in [4.69, 9.17) is 10.6 Å². The summed E-state index contributed by atoms with van der Waals surface area (Å²) in [6, 6.07) is 1.94. The van der Waals surface area contributed by atoms with E-state index < -0.39 is 0 Å². The second-order valence-electron chi connectivity index (χ2n) is 5.12. The molecule has 6 heteroatoms. The number of hydrazine groups is 1. The van der Waals surface area contributed by atoms with Gasteiger partial charge in [-0.05, 0) is 32.4 Å². The average molecular weight is 283 g/mol. The molecule has 0 aromatic carbocycles. The van der Waals surface area contributed by atoms with Gasteiger partial charge in [0.25, 0.3) is 5.91 Å². The highest BCUT2D eigenvalue weighted by molar-refractivity contribution is 7.14. The molecule has 2 atom stereocenters. The van der Waals surface area contributed by atoms with E-state index in [0.29, 0.717) is 4.88 Å². The van der Waals surface area contributed by atoms with Crippen LogP contribution >= 0.6 is 11.3 Å². The second kappa shape index (κ2) is 6.00. The Morgan fingerprint density at radius 1 is 1.53 bits per heavy atom. The van der Waals surface area contributed by atoms with Gasteiger partial charge in [0.2, 0.25) is 0 Å². The zero-order valence-corrected chi connectivity index (χ0v) is 12.4. The molecule has 19 heavy (non-hydrogen) atoms. The first-order valence-corrected chi connectivity index (χ1v) is 7.29. The van der Waals surface area contributed by atoms with Crippen LogP contribution in [0.15, 0.2) is 6.07 Å². The predicted octanol–water partition coefficient (Wildman–Crippen LogP) is 1.27. The number of hydrogen-bond acceptors (Lipinski definition) is 5. The minimum atomic E-state index is -0.219. The van der Waals surface area contributed by atoms with Crippen LogP contribution in [-0.2, 0) is 11.3 Å². The first kappa shape index (κ1) is 14.5. The van der Waals surface area contributed by atoms with Crippen molar-refractivity contribution in [3.8, 4) is 0 Å². The van der Waals surface area contributed by atoms with E-state index in [1.165, 1.54) is 21.8 Å². The van der Waals surface area contributed by atoms with E-state index in [1.54, 1.807) is 0 Å². The van der Waals surface area contributed by atoms with Crippen LogP contribution in [0.1, 0.15) is 34.0 Å². The van der Waals surface area contributed by atoms with Gasteiger partial charge in [-0.25, -0.2) is 5.84 Å². The van der Waals surface area contributed by atoms with Crippen LogP contribution in [0.5, 0.6) is 0 Å². The summed E-state index contributed by atoms with van der Waals surface area (Å²) in [6.07, 6.45) is 0.518. The number of rotatable bonds is 3. The van der Waals surface area contributed by atoms with Crippen LogP contribution in [0.3, 0.4) is 0 Å². The number of hydrogen-bond donors (Lipinski definition) is 2. The monoisotopic (exact) mass is 283 g/mol. The normalized spacial score (nSPS) is 24.4. The van der Waals surface area contributed by atoms with E-state index in [2.05, 4.69) is 24.2 Å². The summed E-state index contributed by atoms with van der Waals surface area (Å²) in [5.74, 6) is 4.94. The van der Waals surface area contributed by atoms with E-state index >= 15 is 0 Å². The summed E-state index contributed by atoms with van der Waals surface area (Å²) in [5, 5.41) is 0. The summed E-state index contributed by atoms with van der Waals surface area (Å²) >= 11 is 1.49. The molecule has 3 N–H and O–H groups in total. The molecule has 1 amide bonds. The maximum atomic E-state index is 11.5. The highest BCUT2D eigenvalue weighted by Crippen LogP contribution is 2.24. The van der Waals surface area contributed by atoms with Gasteiger partial charge in [-0.1, -0.05) is 0 Å². The molecule has 0 saturated carbocycles. The Kier molecular flexibility index (Phi) is 4.57. The molecule has 1 aliphatic heterocycles. The van der Waals surface area contributed by atoms with Crippen molar-refractivity contribution < 1.29 is 9.53 Å². The number of nitrogens with two attached hydrogens (primary N) is 1. The Morgan fingerprint density at radius 2 is 2.16 bits per heavy atom. The molecule has 1 aromatic rings. The van der Waals surface area contributed by atoms with Gasteiger partial charge < -0.3 is 4.74 Å². The molecule has 1 fully saturated rings. The van der Waals surface area contributed by atoms with Crippen LogP contribution in [0, 0.1) is 6.92 Å². The number of nitrogen functional groups attached to an aromatic ring is 1. The van der Waals surface area contributed by atoms with Gasteiger partial charge in [0.1, 0.15) is 0 Å². The molecule has 5 nitrogen and oxygen atoms in total. The molecule has 0 spiro atoms. The van der Waals surface area contributed by atoms with Crippen molar-refractivity contribution in [2.75, 3.05) is 13.1 Å². The van der Waals surface area contributed by atoms with Gasteiger partial charge in [0.15, 0.2) is 0 Å². The Bertz CT molecular complexity index is 451. The molecule has 0 unspecified atom stereocenters. The zero-order valence-electron chi connectivity index (χ0n) is 11.6. The minimum absolute atomic E-state index is 0.219. The van der Waals surface area contributed by atoms with Crippen molar-refractivity contribution in [2.45, 2.75) is 39.5 Å². The lowest BCUT2D eigenvalue weighted by molar-refractivity contribution is -0.0705. The third-order valence-electron chi connectivity index (χ3n) is 3.26. The molecular weight excluding hydrogens is 262 g/mol. The van der Waals surface area contributed by atoms with Gasteiger partial charge in [-0.15, -0.1) is 11.3 Å². The highest BCUT2D eigenvalue weighted by Gasteiger charge is 2.23. The first-order chi connectivity index (χ1) is 8.99. The summed E-state index contributed by atoms with van der Waals surface area (Å²) < 4.78 is 5.73. The summed E-state index contributed by atoms with van der Waals surface area (Å²) in [7, 11) is 0. The van der Waals surface area contributed by atoms with E-state index in [9.17, 15) is 4.79 Å². The molecular formula is C13H21N3O2S. The van der Waals surface area contributed by atoms with Gasteiger partial charge in [-0.2, -0.15) is 0 Å². The number of aryl methyl sites for hydroxylation is 1. The second-order valence-corrected chi connectivity index (χ2v) is 6.37. The van der Waals surface area contributed by atoms with Crippen LogP contribution in [0.2, 0.25) is 0 Å². The number of amides is 1. The first-order valence-electron chi connectivity index (χ1n) is 6.47. The minimum Gasteiger partial charge on any atom is -0.373 e. The number of ether oxygens (including phenoxy) is 1. The third-order valence-corrected chi connectivity index (χ3v) is 4.36. The standard InChI is InChI=1S/C13H21N3O2S/c1-8-5-16(6-9(2)18-8)7-11-4-12(13(17)15-14)19-10(11)3/h4,8-9H,5-7,14H2,1-3H3,(H,15,17)/t8-,9+. The van der Waals surface area contributed by atoms with Crippen LogP contribution in [0.4, 0.5) is 0 Å². The van der Waals surface area contributed by atoms with Crippen molar-refractivity contribution in [1.82, 2.24) is 10.3 Å². The number of nitrogens with one attached hydrogen (secondary N) is 1.